The number of aryl methyl sites for hydroxylation is 1. The summed E-state index contributed by atoms with van der Waals surface area (Å²) >= 11 is 0. The van der Waals surface area contributed by atoms with Crippen LogP contribution in [0.25, 0.3) is 0 Å². The van der Waals surface area contributed by atoms with Crippen LogP contribution in [0.5, 0.6) is 0 Å². The van der Waals surface area contributed by atoms with Gasteiger partial charge in [-0.3, -0.25) is 9.59 Å². The monoisotopic (exact) mass is 402 g/mol. The van der Waals surface area contributed by atoms with Crippen LogP contribution in [-0.4, -0.2) is 39.2 Å². The van der Waals surface area contributed by atoms with E-state index < -0.39 is 21.8 Å². The van der Waals surface area contributed by atoms with Crippen molar-refractivity contribution in [3.63, 3.8) is 0 Å². The van der Waals surface area contributed by atoms with Crippen molar-refractivity contribution in [3.8, 4) is 0 Å². The molecular formula is C20H22N2O5S. The Balaban J connectivity index is 1.75. The number of amides is 2. The lowest BCUT2D eigenvalue weighted by atomic mass is 10.1. The molecule has 28 heavy (non-hydrogen) atoms. The normalized spacial score (nSPS) is 16.6. The maximum Gasteiger partial charge on any atom is 0.255 e. The van der Waals surface area contributed by atoms with E-state index in [9.17, 15) is 18.0 Å². The smallest absolute Gasteiger partial charge is 0.255 e. The van der Waals surface area contributed by atoms with Gasteiger partial charge in [0.05, 0.1) is 4.90 Å². The first kappa shape index (κ1) is 20.0. The maximum absolute atomic E-state index is 12.6. The van der Waals surface area contributed by atoms with E-state index in [1.807, 2.05) is 0 Å². The van der Waals surface area contributed by atoms with Crippen LogP contribution in [0.3, 0.4) is 0 Å². The second kappa shape index (κ2) is 8.12. The Morgan fingerprint density at radius 2 is 1.89 bits per heavy atom. The van der Waals surface area contributed by atoms with Crippen molar-refractivity contribution in [2.75, 3.05) is 23.5 Å². The highest BCUT2D eigenvalue weighted by Gasteiger charge is 2.23. The summed E-state index contributed by atoms with van der Waals surface area (Å²) in [7, 11) is -3.38. The molecule has 3 rings (SSSR count). The standard InChI is InChI=1S/C20H22N2O5S/c1-13-8-9-16(28(2,25)26)12-17(13)22-19(23)14-5-3-6-15(11-14)21-20(24)18-7-4-10-27-18/h3,5-6,8-9,11-12,18H,4,7,10H2,1-2H3,(H,21,24)(H,22,23). The molecule has 2 aromatic carbocycles. The Labute approximate surface area is 164 Å². The van der Waals surface area contributed by atoms with Gasteiger partial charge >= 0.3 is 0 Å². The van der Waals surface area contributed by atoms with Gasteiger partial charge in [0.15, 0.2) is 9.84 Å². The summed E-state index contributed by atoms with van der Waals surface area (Å²) in [4.78, 5) is 24.9. The summed E-state index contributed by atoms with van der Waals surface area (Å²) in [5, 5.41) is 5.49. The fraction of sp³-hybridized carbons (Fsp3) is 0.300. The topological polar surface area (TPSA) is 102 Å². The Kier molecular flexibility index (Phi) is 5.81. The molecule has 2 amide bonds. The van der Waals surface area contributed by atoms with Crippen LogP contribution in [0.15, 0.2) is 47.4 Å². The predicted octanol–water partition coefficient (Wildman–Crippen LogP) is 2.77. The minimum absolute atomic E-state index is 0.131. The Morgan fingerprint density at radius 3 is 2.57 bits per heavy atom. The van der Waals surface area contributed by atoms with Crippen LogP contribution in [0.4, 0.5) is 11.4 Å². The number of benzene rings is 2. The molecule has 7 nitrogen and oxygen atoms in total. The molecule has 0 radical (unpaired) electrons. The van der Waals surface area contributed by atoms with Crippen LogP contribution >= 0.6 is 0 Å². The van der Waals surface area contributed by atoms with E-state index in [0.29, 0.717) is 30.0 Å². The third-order valence-electron chi connectivity index (χ3n) is 4.50. The largest absolute Gasteiger partial charge is 0.368 e. The molecule has 0 spiro atoms. The fourth-order valence-electron chi connectivity index (χ4n) is 2.91. The zero-order valence-corrected chi connectivity index (χ0v) is 16.5. The van der Waals surface area contributed by atoms with E-state index in [0.717, 1.165) is 18.2 Å². The van der Waals surface area contributed by atoms with E-state index in [4.69, 9.17) is 4.74 Å². The molecule has 1 aliphatic heterocycles. The summed E-state index contributed by atoms with van der Waals surface area (Å²) in [5.74, 6) is -0.631. The van der Waals surface area contributed by atoms with Crippen LogP contribution in [-0.2, 0) is 19.4 Å². The average Bonchev–Trinajstić information content (AvgIpc) is 3.17. The van der Waals surface area contributed by atoms with E-state index >= 15 is 0 Å². The first-order valence-corrected chi connectivity index (χ1v) is 10.8. The molecular weight excluding hydrogens is 380 g/mol. The van der Waals surface area contributed by atoms with Gasteiger partial charge in [-0.2, -0.15) is 0 Å². The number of ether oxygens (including phenoxy) is 1. The van der Waals surface area contributed by atoms with Gasteiger partial charge in [-0.25, -0.2) is 8.42 Å². The molecule has 0 bridgehead atoms. The number of carbonyl (C=O) groups excluding carboxylic acids is 2. The zero-order valence-electron chi connectivity index (χ0n) is 15.7. The lowest BCUT2D eigenvalue weighted by molar-refractivity contribution is -0.124. The summed E-state index contributed by atoms with van der Waals surface area (Å²) in [5.41, 5.74) is 1.99. The molecule has 0 aromatic heterocycles. The molecule has 2 N–H and O–H groups in total. The van der Waals surface area contributed by atoms with E-state index in [1.54, 1.807) is 37.3 Å². The minimum atomic E-state index is -3.38. The lowest BCUT2D eigenvalue weighted by Crippen LogP contribution is -2.27. The van der Waals surface area contributed by atoms with Crippen molar-refractivity contribution in [3.05, 3.63) is 53.6 Å². The van der Waals surface area contributed by atoms with Gasteiger partial charge in [0.25, 0.3) is 11.8 Å². The number of anilines is 2. The highest BCUT2D eigenvalue weighted by atomic mass is 32.2. The molecule has 1 fully saturated rings. The van der Waals surface area contributed by atoms with E-state index in [1.165, 1.54) is 12.1 Å². The van der Waals surface area contributed by atoms with E-state index in [-0.39, 0.29) is 10.8 Å². The quantitative estimate of drug-likeness (QED) is 0.801. The summed E-state index contributed by atoms with van der Waals surface area (Å²) in [6, 6.07) is 11.1. The third kappa shape index (κ3) is 4.76. The number of hydrogen-bond acceptors (Lipinski definition) is 5. The molecule has 2 aromatic rings. The molecule has 1 saturated heterocycles. The number of hydrogen-bond donors (Lipinski definition) is 2. The first-order valence-electron chi connectivity index (χ1n) is 8.88. The number of nitrogens with one attached hydrogen (secondary N) is 2. The number of carbonyl (C=O) groups is 2. The SMILES string of the molecule is Cc1ccc(S(C)(=O)=O)cc1NC(=O)c1cccc(NC(=O)C2CCCO2)c1. The van der Waals surface area contributed by atoms with Gasteiger partial charge in [-0.15, -0.1) is 0 Å². The zero-order chi connectivity index (χ0) is 20.3. The van der Waals surface area contributed by atoms with Crippen LogP contribution in [0, 0.1) is 6.92 Å². The summed E-state index contributed by atoms with van der Waals surface area (Å²) < 4.78 is 28.8. The predicted molar refractivity (Wildman–Crippen MR) is 106 cm³/mol. The number of sulfone groups is 1. The molecule has 1 heterocycles. The van der Waals surface area contributed by atoms with Gasteiger partial charge < -0.3 is 15.4 Å². The van der Waals surface area contributed by atoms with Gasteiger partial charge in [0.2, 0.25) is 0 Å². The van der Waals surface area contributed by atoms with Crippen molar-refractivity contribution in [1.29, 1.82) is 0 Å². The molecule has 148 valence electrons. The summed E-state index contributed by atoms with van der Waals surface area (Å²) in [6.07, 6.45) is 2.19. The van der Waals surface area contributed by atoms with Crippen molar-refractivity contribution in [2.24, 2.45) is 0 Å². The molecule has 0 saturated carbocycles. The van der Waals surface area contributed by atoms with Crippen molar-refractivity contribution < 1.29 is 22.7 Å². The molecule has 1 unspecified atom stereocenters. The van der Waals surface area contributed by atoms with Gasteiger partial charge in [-0.1, -0.05) is 12.1 Å². The lowest BCUT2D eigenvalue weighted by Gasteiger charge is -2.12. The van der Waals surface area contributed by atoms with Crippen LogP contribution < -0.4 is 10.6 Å². The molecule has 1 atom stereocenters. The molecule has 8 heteroatoms. The minimum Gasteiger partial charge on any atom is -0.368 e. The maximum atomic E-state index is 12.6. The van der Waals surface area contributed by atoms with Gasteiger partial charge in [-0.05, 0) is 55.7 Å². The van der Waals surface area contributed by atoms with Crippen molar-refractivity contribution >= 4 is 33.0 Å². The van der Waals surface area contributed by atoms with Gasteiger partial charge in [0.1, 0.15) is 6.10 Å². The Morgan fingerprint density at radius 1 is 1.11 bits per heavy atom. The van der Waals surface area contributed by atoms with Crippen molar-refractivity contribution in [1.82, 2.24) is 0 Å². The average molecular weight is 402 g/mol. The second-order valence-corrected chi connectivity index (χ2v) is 8.79. The van der Waals surface area contributed by atoms with Gasteiger partial charge in [0, 0.05) is 29.8 Å². The highest BCUT2D eigenvalue weighted by Crippen LogP contribution is 2.22. The van der Waals surface area contributed by atoms with Crippen LogP contribution in [0.2, 0.25) is 0 Å². The Hall–Kier alpha value is -2.71. The number of rotatable bonds is 5. The fourth-order valence-corrected chi connectivity index (χ4v) is 3.55. The molecule has 1 aliphatic rings. The highest BCUT2D eigenvalue weighted by molar-refractivity contribution is 7.90. The van der Waals surface area contributed by atoms with Crippen LogP contribution in [0.1, 0.15) is 28.8 Å². The third-order valence-corrected chi connectivity index (χ3v) is 5.61. The second-order valence-electron chi connectivity index (χ2n) is 6.77. The summed E-state index contributed by atoms with van der Waals surface area (Å²) in [6.45, 7) is 2.35. The molecule has 0 aliphatic carbocycles. The first-order chi connectivity index (χ1) is 13.2. The Bertz CT molecular complexity index is 1010. The van der Waals surface area contributed by atoms with Crippen molar-refractivity contribution in [2.45, 2.75) is 30.8 Å². The van der Waals surface area contributed by atoms with E-state index in [2.05, 4.69) is 10.6 Å².